The van der Waals surface area contributed by atoms with Gasteiger partial charge in [-0.05, 0) is 13.8 Å². The van der Waals surface area contributed by atoms with E-state index in [4.69, 9.17) is 9.57 Å². The van der Waals surface area contributed by atoms with Crippen molar-refractivity contribution in [3.8, 4) is 0 Å². The summed E-state index contributed by atoms with van der Waals surface area (Å²) >= 11 is 1.20. The predicted octanol–water partition coefficient (Wildman–Crippen LogP) is 1.80. The smallest absolute Gasteiger partial charge is 0.362 e. The number of anilines is 1. The number of oxime groups is 1. The Morgan fingerprint density at radius 3 is 2.70 bits per heavy atom. The second kappa shape index (κ2) is 8.26. The Morgan fingerprint density at radius 1 is 1.35 bits per heavy atom. The molecule has 0 aliphatic heterocycles. The van der Waals surface area contributed by atoms with E-state index in [1.165, 1.54) is 11.3 Å². The molecule has 1 amide bonds. The normalized spacial score (nSPS) is 11.1. The number of hydrogen-bond donors (Lipinski definition) is 1. The molecule has 0 bridgehead atoms. The van der Waals surface area contributed by atoms with Gasteiger partial charge >= 0.3 is 5.97 Å². The molecule has 0 saturated heterocycles. The van der Waals surface area contributed by atoms with E-state index in [1.807, 2.05) is 0 Å². The number of esters is 1. The first kappa shape index (κ1) is 16.1. The van der Waals surface area contributed by atoms with Crippen LogP contribution in [-0.4, -0.2) is 35.8 Å². The van der Waals surface area contributed by atoms with Crippen LogP contribution in [0.4, 0.5) is 5.13 Å². The van der Waals surface area contributed by atoms with Crippen LogP contribution in [0.15, 0.2) is 10.5 Å². The molecule has 0 aliphatic carbocycles. The standard InChI is InChI=1S/C12H17N3O4S/c1-4-9(16)14-12-13-8(7-20-12)10(15-19-6-3)11(17)18-5-2/h7H,4-6H2,1-3H3,(H,13,14,16). The van der Waals surface area contributed by atoms with Gasteiger partial charge in [-0.15, -0.1) is 11.3 Å². The molecule has 7 nitrogen and oxygen atoms in total. The van der Waals surface area contributed by atoms with Crippen molar-refractivity contribution < 1.29 is 19.2 Å². The van der Waals surface area contributed by atoms with Gasteiger partial charge in [-0.3, -0.25) is 4.79 Å². The third-order valence-corrected chi connectivity index (χ3v) is 2.83. The van der Waals surface area contributed by atoms with Gasteiger partial charge in [-0.2, -0.15) is 0 Å². The Balaban J connectivity index is 2.91. The Kier molecular flexibility index (Phi) is 6.65. The van der Waals surface area contributed by atoms with Crippen LogP contribution in [0.25, 0.3) is 0 Å². The molecule has 110 valence electrons. The fraction of sp³-hybridized carbons (Fsp3) is 0.500. The average Bonchev–Trinajstić information content (AvgIpc) is 2.87. The highest BCUT2D eigenvalue weighted by Gasteiger charge is 2.20. The van der Waals surface area contributed by atoms with Crippen LogP contribution in [0.2, 0.25) is 0 Å². The molecule has 20 heavy (non-hydrogen) atoms. The van der Waals surface area contributed by atoms with Gasteiger partial charge in [0.1, 0.15) is 12.3 Å². The van der Waals surface area contributed by atoms with Gasteiger partial charge < -0.3 is 14.9 Å². The average molecular weight is 299 g/mol. The summed E-state index contributed by atoms with van der Waals surface area (Å²) < 4.78 is 4.89. The van der Waals surface area contributed by atoms with Crippen molar-refractivity contribution in [3.63, 3.8) is 0 Å². The Morgan fingerprint density at radius 2 is 2.10 bits per heavy atom. The predicted molar refractivity (Wildman–Crippen MR) is 75.8 cm³/mol. The highest BCUT2D eigenvalue weighted by Crippen LogP contribution is 2.17. The van der Waals surface area contributed by atoms with E-state index in [-0.39, 0.29) is 18.2 Å². The molecule has 1 N–H and O–H groups in total. The van der Waals surface area contributed by atoms with Crippen LogP contribution >= 0.6 is 11.3 Å². The minimum Gasteiger partial charge on any atom is -0.461 e. The van der Waals surface area contributed by atoms with Crippen LogP contribution < -0.4 is 5.32 Å². The molecule has 1 aromatic rings. The SMILES string of the molecule is CCON=C(C(=O)OCC)c1csc(NC(=O)CC)n1. The van der Waals surface area contributed by atoms with Crippen LogP contribution in [0.5, 0.6) is 0 Å². The number of nitrogens with zero attached hydrogens (tertiary/aromatic N) is 2. The molecule has 0 aliphatic rings. The van der Waals surface area contributed by atoms with Gasteiger partial charge in [-0.1, -0.05) is 12.1 Å². The fourth-order valence-electron chi connectivity index (χ4n) is 1.16. The maximum atomic E-state index is 11.8. The van der Waals surface area contributed by atoms with Crippen molar-refractivity contribution >= 4 is 34.1 Å². The highest BCUT2D eigenvalue weighted by molar-refractivity contribution is 7.14. The van der Waals surface area contributed by atoms with E-state index in [1.54, 1.807) is 26.2 Å². The summed E-state index contributed by atoms with van der Waals surface area (Å²) in [5.74, 6) is -0.759. The van der Waals surface area contributed by atoms with Crippen molar-refractivity contribution in [2.75, 3.05) is 18.5 Å². The van der Waals surface area contributed by atoms with Crippen molar-refractivity contribution in [1.29, 1.82) is 0 Å². The van der Waals surface area contributed by atoms with E-state index < -0.39 is 5.97 Å². The number of carbonyl (C=O) groups is 2. The number of amides is 1. The number of thiazole rings is 1. The third kappa shape index (κ3) is 4.61. The molecular formula is C12H17N3O4S. The molecule has 0 fully saturated rings. The number of carbonyl (C=O) groups excluding carboxylic acids is 2. The number of rotatable bonds is 7. The lowest BCUT2D eigenvalue weighted by molar-refractivity contribution is -0.135. The molecule has 0 atom stereocenters. The zero-order valence-corrected chi connectivity index (χ0v) is 12.5. The number of nitrogens with one attached hydrogen (secondary N) is 1. The van der Waals surface area contributed by atoms with E-state index in [0.29, 0.717) is 23.9 Å². The molecule has 1 heterocycles. The van der Waals surface area contributed by atoms with Crippen molar-refractivity contribution in [3.05, 3.63) is 11.1 Å². The highest BCUT2D eigenvalue weighted by atomic mass is 32.1. The zero-order valence-electron chi connectivity index (χ0n) is 11.6. The third-order valence-electron chi connectivity index (χ3n) is 2.07. The van der Waals surface area contributed by atoms with Gasteiger partial charge in [0, 0.05) is 11.8 Å². The summed E-state index contributed by atoms with van der Waals surface area (Å²) in [6.07, 6.45) is 0.354. The lowest BCUT2D eigenvalue weighted by Gasteiger charge is -2.03. The summed E-state index contributed by atoms with van der Waals surface area (Å²) in [5, 5.41) is 8.35. The van der Waals surface area contributed by atoms with Gasteiger partial charge in [0.2, 0.25) is 11.6 Å². The summed E-state index contributed by atoms with van der Waals surface area (Å²) in [4.78, 5) is 32.1. The first-order chi connectivity index (χ1) is 9.62. The first-order valence-electron chi connectivity index (χ1n) is 6.25. The summed E-state index contributed by atoms with van der Waals surface area (Å²) in [7, 11) is 0. The van der Waals surface area contributed by atoms with Gasteiger partial charge in [0.15, 0.2) is 5.13 Å². The number of ether oxygens (including phenoxy) is 1. The zero-order chi connectivity index (χ0) is 15.0. The van der Waals surface area contributed by atoms with Crippen LogP contribution in [-0.2, 0) is 19.2 Å². The summed E-state index contributed by atoms with van der Waals surface area (Å²) in [6.45, 7) is 5.74. The largest absolute Gasteiger partial charge is 0.461 e. The first-order valence-corrected chi connectivity index (χ1v) is 7.13. The maximum absolute atomic E-state index is 11.8. The topological polar surface area (TPSA) is 89.9 Å². The minimum absolute atomic E-state index is 0.0121. The fourth-order valence-corrected chi connectivity index (χ4v) is 1.88. The molecule has 8 heteroatoms. The molecule has 0 saturated carbocycles. The Hall–Kier alpha value is -1.96. The van der Waals surface area contributed by atoms with Crippen LogP contribution in [0.1, 0.15) is 32.9 Å². The van der Waals surface area contributed by atoms with Gasteiger partial charge in [-0.25, -0.2) is 9.78 Å². The molecular weight excluding hydrogens is 282 g/mol. The quantitative estimate of drug-likeness (QED) is 0.471. The summed E-state index contributed by atoms with van der Waals surface area (Å²) in [5.41, 5.74) is 0.301. The minimum atomic E-state index is -0.611. The van der Waals surface area contributed by atoms with Crippen molar-refractivity contribution in [2.24, 2.45) is 5.16 Å². The van der Waals surface area contributed by atoms with E-state index >= 15 is 0 Å². The van der Waals surface area contributed by atoms with E-state index in [0.717, 1.165) is 0 Å². The molecule has 1 aromatic heterocycles. The second-order valence-electron chi connectivity index (χ2n) is 3.52. The lowest BCUT2D eigenvalue weighted by Crippen LogP contribution is -2.20. The van der Waals surface area contributed by atoms with Gasteiger partial charge in [0.25, 0.3) is 0 Å². The lowest BCUT2D eigenvalue weighted by atomic mass is 10.3. The summed E-state index contributed by atoms with van der Waals surface area (Å²) in [6, 6.07) is 0. The molecule has 1 rings (SSSR count). The van der Waals surface area contributed by atoms with E-state index in [9.17, 15) is 9.59 Å². The molecule has 0 aromatic carbocycles. The second-order valence-corrected chi connectivity index (χ2v) is 4.38. The van der Waals surface area contributed by atoms with E-state index in [2.05, 4.69) is 15.5 Å². The monoisotopic (exact) mass is 299 g/mol. The van der Waals surface area contributed by atoms with Crippen LogP contribution in [0, 0.1) is 0 Å². The van der Waals surface area contributed by atoms with Crippen molar-refractivity contribution in [1.82, 2.24) is 4.98 Å². The van der Waals surface area contributed by atoms with Gasteiger partial charge in [0.05, 0.1) is 6.61 Å². The molecule has 0 radical (unpaired) electrons. The number of aromatic nitrogens is 1. The molecule has 0 spiro atoms. The van der Waals surface area contributed by atoms with Crippen LogP contribution in [0.3, 0.4) is 0 Å². The Labute approximate surface area is 121 Å². The van der Waals surface area contributed by atoms with Crippen molar-refractivity contribution in [2.45, 2.75) is 27.2 Å². The molecule has 0 unspecified atom stereocenters. The Bertz CT molecular complexity index is 499. The maximum Gasteiger partial charge on any atom is 0.362 e. The number of hydrogen-bond acceptors (Lipinski definition) is 7.